The van der Waals surface area contributed by atoms with E-state index < -0.39 is 11.6 Å². The number of aromatic nitrogens is 3. The first-order valence-corrected chi connectivity index (χ1v) is 9.27. The van der Waals surface area contributed by atoms with Crippen LogP contribution < -0.4 is 5.32 Å². The molecule has 2 aliphatic rings. The van der Waals surface area contributed by atoms with Gasteiger partial charge in [0.15, 0.2) is 0 Å². The molecule has 0 radical (unpaired) electrons. The molecule has 1 N–H and O–H groups in total. The summed E-state index contributed by atoms with van der Waals surface area (Å²) >= 11 is 0. The van der Waals surface area contributed by atoms with Gasteiger partial charge in [-0.1, -0.05) is 41.6 Å². The Hall–Kier alpha value is -3.09. The minimum atomic E-state index is -0.665. The molecule has 0 bridgehead atoms. The average Bonchev–Trinajstić information content (AvgIpc) is 3.03. The topological polar surface area (TPSA) is 59.8 Å². The van der Waals surface area contributed by atoms with E-state index in [1.165, 1.54) is 18.2 Å². The molecule has 28 heavy (non-hydrogen) atoms. The van der Waals surface area contributed by atoms with E-state index >= 15 is 0 Å². The summed E-state index contributed by atoms with van der Waals surface area (Å²) in [5.41, 5.74) is 0.737. The van der Waals surface area contributed by atoms with Crippen molar-refractivity contribution in [2.75, 3.05) is 0 Å². The second kappa shape index (κ2) is 6.22. The Kier molecular flexibility index (Phi) is 3.79. The van der Waals surface area contributed by atoms with Gasteiger partial charge in [0.25, 0.3) is 0 Å². The number of carbonyl (C=O) groups is 1. The summed E-state index contributed by atoms with van der Waals surface area (Å²) in [5, 5.41) is 11.0. The lowest BCUT2D eigenvalue weighted by Crippen LogP contribution is -2.41. The molecule has 5 rings (SSSR count). The third-order valence-corrected chi connectivity index (χ3v) is 5.99. The monoisotopic (exact) mass is 380 g/mol. The summed E-state index contributed by atoms with van der Waals surface area (Å²) in [6.07, 6.45) is 3.04. The number of benzene rings is 2. The van der Waals surface area contributed by atoms with Gasteiger partial charge in [-0.05, 0) is 36.5 Å². The number of rotatable bonds is 5. The largest absolute Gasteiger partial charge is 0.352 e. The minimum absolute atomic E-state index is 0.0403. The number of carbonyl (C=O) groups excluding carboxylic acids is 1. The highest BCUT2D eigenvalue weighted by Crippen LogP contribution is 2.72. The summed E-state index contributed by atoms with van der Waals surface area (Å²) < 4.78 is 29.5. The number of halogens is 2. The number of nitrogens with one attached hydrogen (secondary N) is 1. The standard InChI is InChI=1S/C21H18F2N4O/c22-15-7-4-8-16(23)19(15)17-12-27(26-25-17)18-10-21(9-14(18)21)20(28)24-11-13-5-2-1-3-6-13/h1-8,12,14,18H,9-11H2,(H,24,28)/t14-,18+,21-/m0/s1. The summed E-state index contributed by atoms with van der Waals surface area (Å²) in [6, 6.07) is 13.5. The number of hydrogen-bond acceptors (Lipinski definition) is 3. The van der Waals surface area contributed by atoms with Gasteiger partial charge in [-0.15, -0.1) is 5.10 Å². The van der Waals surface area contributed by atoms with Crippen molar-refractivity contribution in [1.82, 2.24) is 20.3 Å². The summed E-state index contributed by atoms with van der Waals surface area (Å²) in [4.78, 5) is 12.6. The van der Waals surface area contributed by atoms with Gasteiger partial charge in [-0.25, -0.2) is 13.5 Å². The van der Waals surface area contributed by atoms with Crippen LogP contribution in [0.25, 0.3) is 11.3 Å². The lowest BCUT2D eigenvalue weighted by molar-refractivity contribution is -0.130. The van der Waals surface area contributed by atoms with E-state index in [9.17, 15) is 13.6 Å². The van der Waals surface area contributed by atoms with Crippen molar-refractivity contribution in [3.8, 4) is 11.3 Å². The molecule has 2 saturated carbocycles. The van der Waals surface area contributed by atoms with E-state index in [2.05, 4.69) is 15.6 Å². The van der Waals surface area contributed by atoms with Gasteiger partial charge < -0.3 is 5.32 Å². The van der Waals surface area contributed by atoms with Gasteiger partial charge in [0.1, 0.15) is 17.3 Å². The van der Waals surface area contributed by atoms with Crippen molar-refractivity contribution in [3.05, 3.63) is 71.9 Å². The van der Waals surface area contributed by atoms with Crippen LogP contribution in [-0.4, -0.2) is 20.9 Å². The van der Waals surface area contributed by atoms with Crippen LogP contribution in [0.1, 0.15) is 24.4 Å². The molecular formula is C21H18F2N4O. The molecule has 2 aromatic carbocycles. The Morgan fingerprint density at radius 2 is 1.86 bits per heavy atom. The highest BCUT2D eigenvalue weighted by molar-refractivity contribution is 5.87. The van der Waals surface area contributed by atoms with Gasteiger partial charge in [0.2, 0.25) is 5.91 Å². The van der Waals surface area contributed by atoms with E-state index in [1.54, 1.807) is 10.9 Å². The molecule has 1 aromatic heterocycles. The fourth-order valence-corrected chi connectivity index (χ4v) is 4.31. The molecule has 3 aromatic rings. The molecule has 0 aliphatic heterocycles. The molecule has 0 spiro atoms. The zero-order valence-corrected chi connectivity index (χ0v) is 15.0. The smallest absolute Gasteiger partial charge is 0.226 e. The predicted octanol–water partition coefficient (Wildman–Crippen LogP) is 3.49. The Labute approximate surface area is 160 Å². The number of amides is 1. The zero-order chi connectivity index (χ0) is 19.3. The SMILES string of the molecule is O=C(NCc1ccccc1)[C@@]12C[C@@H](n3cc(-c4c(F)cccc4F)nn3)[C@@H]1C2. The fourth-order valence-electron chi connectivity index (χ4n) is 4.31. The Morgan fingerprint density at radius 1 is 1.11 bits per heavy atom. The van der Waals surface area contributed by atoms with Gasteiger partial charge in [0.05, 0.1) is 23.2 Å². The number of fused-ring (bicyclic) bond motifs is 1. The van der Waals surface area contributed by atoms with Crippen LogP contribution >= 0.6 is 0 Å². The van der Waals surface area contributed by atoms with E-state index in [-0.39, 0.29) is 34.5 Å². The highest BCUT2D eigenvalue weighted by atomic mass is 19.1. The number of nitrogens with zero attached hydrogens (tertiary/aromatic N) is 3. The second-order valence-corrected chi connectivity index (χ2v) is 7.59. The van der Waals surface area contributed by atoms with Crippen LogP contribution in [0.15, 0.2) is 54.7 Å². The first-order chi connectivity index (χ1) is 13.6. The molecule has 5 nitrogen and oxygen atoms in total. The van der Waals surface area contributed by atoms with Crippen LogP contribution in [-0.2, 0) is 11.3 Å². The molecule has 2 fully saturated rings. The lowest BCUT2D eigenvalue weighted by Gasteiger charge is -2.33. The number of hydrogen-bond donors (Lipinski definition) is 1. The zero-order valence-electron chi connectivity index (χ0n) is 15.0. The van der Waals surface area contributed by atoms with E-state index in [4.69, 9.17) is 0 Å². The van der Waals surface area contributed by atoms with Gasteiger partial charge in [-0.3, -0.25) is 4.79 Å². The molecule has 0 saturated heterocycles. The average molecular weight is 380 g/mol. The maximum absolute atomic E-state index is 13.9. The van der Waals surface area contributed by atoms with Crippen molar-refractivity contribution in [3.63, 3.8) is 0 Å². The van der Waals surface area contributed by atoms with Gasteiger partial charge in [0, 0.05) is 6.54 Å². The van der Waals surface area contributed by atoms with E-state index in [0.29, 0.717) is 13.0 Å². The van der Waals surface area contributed by atoms with Crippen LogP contribution in [0.3, 0.4) is 0 Å². The summed E-state index contributed by atoms with van der Waals surface area (Å²) in [7, 11) is 0. The summed E-state index contributed by atoms with van der Waals surface area (Å²) in [6.45, 7) is 0.513. The van der Waals surface area contributed by atoms with Gasteiger partial charge in [-0.2, -0.15) is 0 Å². The van der Waals surface area contributed by atoms with Crippen molar-refractivity contribution in [2.24, 2.45) is 11.3 Å². The molecule has 2 aliphatic carbocycles. The first-order valence-electron chi connectivity index (χ1n) is 9.27. The van der Waals surface area contributed by atoms with Crippen LogP contribution in [0, 0.1) is 23.0 Å². The molecule has 7 heteroatoms. The molecule has 1 heterocycles. The fraction of sp³-hybridized carbons (Fsp3) is 0.286. The molecule has 0 unspecified atom stereocenters. The Bertz CT molecular complexity index is 1030. The normalized spacial score (nSPS) is 24.9. The quantitative estimate of drug-likeness (QED) is 0.737. The molecule has 1 amide bonds. The van der Waals surface area contributed by atoms with Crippen molar-refractivity contribution < 1.29 is 13.6 Å². The van der Waals surface area contributed by atoms with Crippen LogP contribution in [0.5, 0.6) is 0 Å². The van der Waals surface area contributed by atoms with E-state index in [0.717, 1.165) is 12.0 Å². The minimum Gasteiger partial charge on any atom is -0.352 e. The first kappa shape index (κ1) is 17.0. The Morgan fingerprint density at radius 3 is 2.57 bits per heavy atom. The second-order valence-electron chi connectivity index (χ2n) is 7.59. The van der Waals surface area contributed by atoms with E-state index in [1.807, 2.05) is 30.3 Å². The Balaban J connectivity index is 1.25. The lowest BCUT2D eigenvalue weighted by atomic mass is 9.79. The maximum Gasteiger partial charge on any atom is 0.226 e. The summed E-state index contributed by atoms with van der Waals surface area (Å²) in [5.74, 6) is -1.06. The van der Waals surface area contributed by atoms with Crippen molar-refractivity contribution in [1.29, 1.82) is 0 Å². The van der Waals surface area contributed by atoms with Crippen molar-refractivity contribution >= 4 is 5.91 Å². The predicted molar refractivity (Wildman–Crippen MR) is 97.9 cm³/mol. The van der Waals surface area contributed by atoms with Crippen LogP contribution in [0.4, 0.5) is 8.78 Å². The molecule has 142 valence electrons. The maximum atomic E-state index is 13.9. The third-order valence-electron chi connectivity index (χ3n) is 5.99. The molecular weight excluding hydrogens is 362 g/mol. The van der Waals surface area contributed by atoms with Crippen LogP contribution in [0.2, 0.25) is 0 Å². The molecule has 3 atom stereocenters. The highest BCUT2D eigenvalue weighted by Gasteiger charge is 2.72. The van der Waals surface area contributed by atoms with Gasteiger partial charge >= 0.3 is 0 Å². The third kappa shape index (κ3) is 2.61. The van der Waals surface area contributed by atoms with Crippen molar-refractivity contribution in [2.45, 2.75) is 25.4 Å².